The lowest BCUT2D eigenvalue weighted by Crippen LogP contribution is -2.16. The highest BCUT2D eigenvalue weighted by molar-refractivity contribution is 7.71. The van der Waals surface area contributed by atoms with Crippen LogP contribution in [0.5, 0.6) is 0 Å². The van der Waals surface area contributed by atoms with Gasteiger partial charge in [0.15, 0.2) is 5.69 Å². The Morgan fingerprint density at radius 3 is 2.29 bits per heavy atom. The van der Waals surface area contributed by atoms with E-state index < -0.39 is 16.6 Å². The van der Waals surface area contributed by atoms with Gasteiger partial charge < -0.3 is 11.5 Å². The number of carbonyl (C=O) groups excluding carboxylic acids is 1. The second-order valence-corrected chi connectivity index (χ2v) is 6.23. The first-order valence-electron chi connectivity index (χ1n) is 7.02. The molecule has 122 valence electrons. The highest BCUT2D eigenvalue weighted by Gasteiger charge is 2.13. The Bertz CT molecular complexity index is 1010. The zero-order valence-electron chi connectivity index (χ0n) is 12.5. The third-order valence-electron chi connectivity index (χ3n) is 3.63. The number of primary amides is 1. The van der Waals surface area contributed by atoms with Gasteiger partial charge in [-0.05, 0) is 28.8 Å². The van der Waals surface area contributed by atoms with Crippen LogP contribution in [-0.2, 0) is 16.5 Å². The lowest BCUT2D eigenvalue weighted by atomic mass is 10.0. The summed E-state index contributed by atoms with van der Waals surface area (Å²) >= 11 is 0. The predicted octanol–water partition coefficient (Wildman–Crippen LogP) is 1.09. The van der Waals surface area contributed by atoms with Crippen molar-refractivity contribution in [2.75, 3.05) is 5.73 Å². The van der Waals surface area contributed by atoms with Crippen LogP contribution in [0.15, 0.2) is 42.5 Å². The minimum absolute atomic E-state index is 0.0191. The summed E-state index contributed by atoms with van der Waals surface area (Å²) in [6.45, 7) is 0. The molecule has 2 aromatic carbocycles. The van der Waals surface area contributed by atoms with E-state index in [2.05, 4.69) is 10.2 Å². The van der Waals surface area contributed by atoms with Crippen LogP contribution in [0.2, 0.25) is 0 Å². The minimum Gasteiger partial charge on any atom is -0.396 e. The molecule has 0 radical (unpaired) electrons. The molecule has 4 N–H and O–H groups in total. The van der Waals surface area contributed by atoms with Gasteiger partial charge in [-0.3, -0.25) is 4.79 Å². The Kier molecular flexibility index (Phi) is 4.13. The summed E-state index contributed by atoms with van der Waals surface area (Å²) in [7, 11) is -2.45. The number of benzene rings is 2. The van der Waals surface area contributed by atoms with E-state index >= 15 is 0 Å². The number of nitrogens with zero attached hydrogens (tertiary/aromatic N) is 2. The first kappa shape index (κ1) is 15.9. The molecule has 0 bridgehead atoms. The number of thiol groups is 1. The van der Waals surface area contributed by atoms with Crippen molar-refractivity contribution in [2.24, 2.45) is 5.73 Å². The largest absolute Gasteiger partial charge is 0.396 e. The van der Waals surface area contributed by atoms with Crippen molar-refractivity contribution >= 4 is 33.2 Å². The van der Waals surface area contributed by atoms with Crippen molar-refractivity contribution < 1.29 is 13.2 Å². The van der Waals surface area contributed by atoms with E-state index in [1.807, 2.05) is 18.2 Å². The highest BCUT2D eigenvalue weighted by atomic mass is 32.2. The van der Waals surface area contributed by atoms with Crippen LogP contribution in [0.25, 0.3) is 22.0 Å². The van der Waals surface area contributed by atoms with Crippen molar-refractivity contribution in [3.05, 3.63) is 53.7 Å². The molecule has 0 unspecified atom stereocenters. The van der Waals surface area contributed by atoms with Crippen LogP contribution in [0.4, 0.5) is 5.69 Å². The second kappa shape index (κ2) is 6.25. The Balaban J connectivity index is 2.02. The number of hydrogen-bond donors (Lipinski definition) is 3. The summed E-state index contributed by atoms with van der Waals surface area (Å²) in [6, 6.07) is 12.6. The quantitative estimate of drug-likeness (QED) is 0.609. The fourth-order valence-electron chi connectivity index (χ4n) is 2.44. The van der Waals surface area contributed by atoms with Gasteiger partial charge in [-0.25, -0.2) is 8.42 Å². The molecule has 7 nitrogen and oxygen atoms in total. The van der Waals surface area contributed by atoms with Gasteiger partial charge in [-0.15, -0.1) is 10.2 Å². The van der Waals surface area contributed by atoms with Gasteiger partial charge in [0, 0.05) is 5.39 Å². The van der Waals surface area contributed by atoms with Gasteiger partial charge in [-0.2, -0.15) is 0 Å². The topological polar surface area (TPSA) is 129 Å². The Morgan fingerprint density at radius 1 is 1.00 bits per heavy atom. The van der Waals surface area contributed by atoms with E-state index in [0.717, 1.165) is 16.7 Å². The summed E-state index contributed by atoms with van der Waals surface area (Å²) < 4.78 is 21.5. The third-order valence-corrected chi connectivity index (χ3v) is 4.26. The van der Waals surface area contributed by atoms with Gasteiger partial charge in [-0.1, -0.05) is 30.3 Å². The lowest BCUT2D eigenvalue weighted by Gasteiger charge is -2.07. The molecule has 0 aliphatic carbocycles. The van der Waals surface area contributed by atoms with E-state index in [1.54, 1.807) is 24.3 Å². The molecule has 0 saturated carbocycles. The number of aromatic nitrogens is 2. The molecule has 3 aromatic rings. The number of hydrogen-bond acceptors (Lipinski definition) is 6. The molecule has 0 aliphatic rings. The molecule has 1 heterocycles. The number of nitrogen functional groups attached to an aromatic ring is 1. The monoisotopic (exact) mass is 342 g/mol. The van der Waals surface area contributed by atoms with Crippen molar-refractivity contribution in [1.82, 2.24) is 10.2 Å². The normalized spacial score (nSPS) is 11.0. The van der Waals surface area contributed by atoms with Crippen LogP contribution < -0.4 is 11.5 Å². The summed E-state index contributed by atoms with van der Waals surface area (Å²) in [5.74, 6) is -0.705. The molecule has 24 heavy (non-hydrogen) atoms. The Morgan fingerprint density at radius 2 is 1.67 bits per heavy atom. The van der Waals surface area contributed by atoms with E-state index in [-0.39, 0.29) is 17.1 Å². The second-order valence-electron chi connectivity index (χ2n) is 5.25. The predicted molar refractivity (Wildman–Crippen MR) is 91.9 cm³/mol. The molecule has 0 aliphatic heterocycles. The van der Waals surface area contributed by atoms with Crippen LogP contribution in [0.3, 0.4) is 0 Å². The molecular weight excluding hydrogens is 328 g/mol. The number of amides is 1. The van der Waals surface area contributed by atoms with E-state index in [9.17, 15) is 13.2 Å². The summed E-state index contributed by atoms with van der Waals surface area (Å²) in [6.07, 6.45) is 0. The van der Waals surface area contributed by atoms with E-state index in [1.165, 1.54) is 0 Å². The lowest BCUT2D eigenvalue weighted by molar-refractivity contribution is 0.0995. The van der Waals surface area contributed by atoms with Crippen molar-refractivity contribution in [1.29, 1.82) is 0 Å². The minimum atomic E-state index is -2.45. The van der Waals surface area contributed by atoms with Crippen molar-refractivity contribution in [3.8, 4) is 11.1 Å². The summed E-state index contributed by atoms with van der Waals surface area (Å²) in [5.41, 5.74) is 14.3. The Labute approximate surface area is 139 Å². The van der Waals surface area contributed by atoms with E-state index in [4.69, 9.17) is 11.5 Å². The smallest absolute Gasteiger partial charge is 0.271 e. The summed E-state index contributed by atoms with van der Waals surface area (Å²) in [5, 5.41) is 8.37. The molecule has 3 rings (SSSR count). The molecule has 1 aromatic heterocycles. The fraction of sp³-hybridized carbons (Fsp3) is 0.0625. The molecule has 0 atom stereocenters. The van der Waals surface area contributed by atoms with Gasteiger partial charge in [0.2, 0.25) is 0 Å². The number of carbonyl (C=O) groups is 1. The molecule has 0 fully saturated rings. The summed E-state index contributed by atoms with van der Waals surface area (Å²) in [4.78, 5) is 11.3. The molecule has 8 heteroatoms. The average molecular weight is 342 g/mol. The third kappa shape index (κ3) is 3.04. The van der Waals surface area contributed by atoms with Gasteiger partial charge in [0.1, 0.15) is 10.7 Å². The van der Waals surface area contributed by atoms with Gasteiger partial charge in [0.05, 0.1) is 17.0 Å². The number of anilines is 1. The first-order valence-corrected chi connectivity index (χ1v) is 8.39. The number of fused-ring (bicyclic) bond motifs is 1. The SMILES string of the molecule is NC(=O)c1nnc2cc(-c3ccc(C[SH](=O)=O)cc3)ccc2c1N. The molecule has 1 amide bonds. The fourth-order valence-corrected chi connectivity index (χ4v) is 2.95. The van der Waals surface area contributed by atoms with E-state index in [0.29, 0.717) is 10.9 Å². The zero-order chi connectivity index (χ0) is 17.3. The maximum absolute atomic E-state index is 11.3. The highest BCUT2D eigenvalue weighted by Crippen LogP contribution is 2.27. The first-order chi connectivity index (χ1) is 11.5. The van der Waals surface area contributed by atoms with Crippen LogP contribution >= 0.6 is 0 Å². The average Bonchev–Trinajstić information content (AvgIpc) is 2.54. The van der Waals surface area contributed by atoms with Crippen LogP contribution in [0.1, 0.15) is 16.1 Å². The van der Waals surface area contributed by atoms with Crippen LogP contribution in [-0.4, -0.2) is 24.5 Å². The number of nitrogens with two attached hydrogens (primary N) is 2. The molecule has 0 saturated heterocycles. The number of rotatable bonds is 4. The molecular formula is C16H14N4O3S. The van der Waals surface area contributed by atoms with Crippen molar-refractivity contribution in [3.63, 3.8) is 0 Å². The zero-order valence-corrected chi connectivity index (χ0v) is 13.4. The van der Waals surface area contributed by atoms with Gasteiger partial charge in [0.25, 0.3) is 5.91 Å². The van der Waals surface area contributed by atoms with Crippen molar-refractivity contribution in [2.45, 2.75) is 5.75 Å². The maximum atomic E-state index is 11.3. The standard InChI is InChI=1S/C16H14N4O3S/c17-14-12-6-5-11(7-13(12)19-20-15(14)16(18)21)10-3-1-9(2-4-10)8-24(22)23/h1-7,24H,8H2,(H2,17,19)(H2,18,21). The maximum Gasteiger partial charge on any atom is 0.271 e. The van der Waals surface area contributed by atoms with Crippen LogP contribution in [0, 0.1) is 0 Å². The Hall–Kier alpha value is -3.00. The molecule has 0 spiro atoms. The van der Waals surface area contributed by atoms with Gasteiger partial charge >= 0.3 is 0 Å².